The molecule has 72 heavy (non-hydrogen) atoms. The Bertz CT molecular complexity index is 1710. The Labute approximate surface area is 408 Å². The molecule has 0 aliphatic carbocycles. The highest BCUT2D eigenvalue weighted by Crippen LogP contribution is 2.37. The second-order valence-corrected chi connectivity index (χ2v) is 18.2. The lowest BCUT2D eigenvalue weighted by Crippen LogP contribution is -2.70. The first-order valence-electron chi connectivity index (χ1n) is 23.0. The predicted octanol–water partition coefficient (Wildman–Crippen LogP) is -13.1. The van der Waals surface area contributed by atoms with Crippen molar-refractivity contribution < 1.29 is 149 Å². The van der Waals surface area contributed by atoms with Crippen molar-refractivity contribution in [3.05, 3.63) is 0 Å². The van der Waals surface area contributed by atoms with Crippen LogP contribution in [-0.2, 0) is 61.7 Å². The molecule has 6 saturated heterocycles. The monoisotopic (exact) mass is 1060 g/mol. The maximum Gasteiger partial charge on any atom is 0.217 e. The molecule has 0 spiro atoms. The number of carbonyl (C=O) groups excluding carboxylic acids is 2. The van der Waals surface area contributed by atoms with E-state index in [0.29, 0.717) is 0 Å². The lowest BCUT2D eigenvalue weighted by atomic mass is 9.94. The molecule has 0 aromatic heterocycles. The molecule has 6 rings (SSSR count). The Morgan fingerprint density at radius 2 is 0.792 bits per heavy atom. The summed E-state index contributed by atoms with van der Waals surface area (Å²) in [5, 5.41) is 187. The van der Waals surface area contributed by atoms with Crippen LogP contribution in [0.4, 0.5) is 0 Å². The molecule has 32 nitrogen and oxygen atoms in total. The molecule has 0 unspecified atom stereocenters. The van der Waals surface area contributed by atoms with Crippen molar-refractivity contribution in [1.29, 1.82) is 0 Å². The van der Waals surface area contributed by atoms with Gasteiger partial charge in [-0.15, -0.1) is 0 Å². The predicted molar refractivity (Wildman–Crippen MR) is 221 cm³/mol. The molecular formula is C40H68N2O30. The van der Waals surface area contributed by atoms with Gasteiger partial charge in [-0.2, -0.15) is 0 Å². The SMILES string of the molecule is CC(=O)N[C@H]1[C@H](O[C@H]2[C@H](O)[C@@H](NC(C)=O)CO[C@@H]2CO)O[C@H](CO)[C@@H](O[C@@H]2O[C@H](CO[C@H]3O[C@H](CO)[C@@H](O)[C@H](O)[C@@H]3O)[C@@H](O[C@@H]3O[C@H](CO)[C@@H](O)[C@H](O)[C@@H]3O)[C@H](O[C@H]3O[C@H](CO)[C@@H](O)[C@H](O)[C@@H]3O)[C@@H]2O)[C@@H]1O. The smallest absolute Gasteiger partial charge is 0.217 e. The van der Waals surface area contributed by atoms with Crippen LogP contribution in [0.1, 0.15) is 13.8 Å². The van der Waals surface area contributed by atoms with Crippen molar-refractivity contribution in [2.24, 2.45) is 0 Å². The Hall–Kier alpha value is -2.18. The summed E-state index contributed by atoms with van der Waals surface area (Å²) in [6.45, 7) is -3.66. The van der Waals surface area contributed by atoms with Crippen molar-refractivity contribution in [3.8, 4) is 0 Å². The third kappa shape index (κ3) is 12.8. The van der Waals surface area contributed by atoms with Gasteiger partial charge < -0.3 is 150 Å². The molecule has 0 saturated carbocycles. The number of amides is 2. The maximum absolute atomic E-state index is 12.6. The van der Waals surface area contributed by atoms with Gasteiger partial charge in [-0.05, 0) is 0 Å². The Kier molecular flexibility index (Phi) is 21.1. The van der Waals surface area contributed by atoms with Crippen LogP contribution in [0, 0.1) is 0 Å². The fourth-order valence-corrected chi connectivity index (χ4v) is 9.16. The van der Waals surface area contributed by atoms with Crippen molar-refractivity contribution in [3.63, 3.8) is 0 Å². The zero-order chi connectivity index (χ0) is 53.0. The third-order valence-electron chi connectivity index (χ3n) is 13.1. The minimum absolute atomic E-state index is 0.266. The first-order chi connectivity index (χ1) is 34.1. The van der Waals surface area contributed by atoms with Crippen LogP contribution in [0.15, 0.2) is 0 Å². The van der Waals surface area contributed by atoms with Crippen molar-refractivity contribution in [2.45, 2.75) is 192 Å². The maximum atomic E-state index is 12.6. The average Bonchev–Trinajstić information content (AvgIpc) is 3.35. The summed E-state index contributed by atoms with van der Waals surface area (Å²) in [6, 6.07) is -2.79. The number of ether oxygens (including phenoxy) is 11. The lowest BCUT2D eigenvalue weighted by molar-refractivity contribution is -0.402. The third-order valence-corrected chi connectivity index (χ3v) is 13.1. The highest BCUT2D eigenvalue weighted by molar-refractivity contribution is 5.73. The average molecular weight is 1060 g/mol. The molecule has 0 bridgehead atoms. The Balaban J connectivity index is 1.37. The largest absolute Gasteiger partial charge is 0.394 e. The van der Waals surface area contributed by atoms with Gasteiger partial charge in [0.25, 0.3) is 0 Å². The number of carbonyl (C=O) groups is 2. The van der Waals surface area contributed by atoms with Crippen LogP contribution in [0.25, 0.3) is 0 Å². The minimum atomic E-state index is -2.35. The second kappa shape index (κ2) is 25.8. The van der Waals surface area contributed by atoms with E-state index < -0.39 is 229 Å². The van der Waals surface area contributed by atoms with E-state index in [1.54, 1.807) is 0 Å². The molecule has 6 heterocycles. The number of rotatable bonds is 18. The van der Waals surface area contributed by atoms with Crippen LogP contribution >= 0.6 is 0 Å². The summed E-state index contributed by atoms with van der Waals surface area (Å²) in [4.78, 5) is 24.5. The van der Waals surface area contributed by atoms with E-state index >= 15 is 0 Å². The number of aliphatic hydroxyl groups is 17. The van der Waals surface area contributed by atoms with Crippen LogP contribution in [-0.4, -0.2) is 323 Å². The van der Waals surface area contributed by atoms with E-state index in [9.17, 15) is 96.4 Å². The zero-order valence-corrected chi connectivity index (χ0v) is 38.6. The lowest BCUT2D eigenvalue weighted by Gasteiger charge is -2.51. The van der Waals surface area contributed by atoms with Crippen LogP contribution in [0.3, 0.4) is 0 Å². The topological polar surface area (TPSA) is 504 Å². The van der Waals surface area contributed by atoms with Gasteiger partial charge in [-0.3, -0.25) is 9.59 Å². The number of hydrogen-bond donors (Lipinski definition) is 19. The summed E-state index contributed by atoms with van der Waals surface area (Å²) in [6.07, 6.45) is -51.7. The van der Waals surface area contributed by atoms with Gasteiger partial charge in [-0.1, -0.05) is 0 Å². The molecule has 6 aliphatic rings. The molecule has 418 valence electrons. The fourth-order valence-electron chi connectivity index (χ4n) is 9.16. The number of nitrogens with one attached hydrogen (secondary N) is 2. The van der Waals surface area contributed by atoms with E-state index in [1.807, 2.05) is 0 Å². The van der Waals surface area contributed by atoms with Crippen LogP contribution < -0.4 is 10.6 Å². The molecule has 19 N–H and O–H groups in total. The van der Waals surface area contributed by atoms with Gasteiger partial charge in [0.1, 0.15) is 140 Å². The highest BCUT2D eigenvalue weighted by atomic mass is 16.8. The summed E-state index contributed by atoms with van der Waals surface area (Å²) in [5.74, 6) is -1.37. The van der Waals surface area contributed by atoms with Gasteiger partial charge in [0, 0.05) is 13.8 Å². The van der Waals surface area contributed by atoms with E-state index in [-0.39, 0.29) is 6.61 Å². The van der Waals surface area contributed by atoms with E-state index in [0.717, 1.165) is 6.92 Å². The van der Waals surface area contributed by atoms with Gasteiger partial charge in [0.2, 0.25) is 11.8 Å². The van der Waals surface area contributed by atoms with Gasteiger partial charge in [-0.25, -0.2) is 0 Å². The van der Waals surface area contributed by atoms with Crippen molar-refractivity contribution in [2.75, 3.05) is 46.2 Å². The standard InChI is InChI=1S/C40H68N2O30/c1-10(48)41-12-8-62-16(6-46)32(20(12)50)69-36-19(42-11(2)49)24(54)33(17(7-47)67-36)70-40-31(61)35(72-39-30(60)27(57)23(53)15(5-45)66-39)34(71-38-29(59)26(56)22(52)14(4-44)65-38)18(68-40)9-63-37-28(58)25(55)21(51)13(3-43)64-37/h12-40,43-47,50-61H,3-9H2,1-2H3,(H,41,48)(H,42,49)/t12-,13+,14+,15+,16+,17+,18+,19+,20+,21+,22+,23+,24+,25-,26-,27-,28-,29-,30-,31-,32+,33+,34+,35+,36-,37-,38-,39+,40-/m0/s1. The molecule has 0 radical (unpaired) electrons. The first kappa shape index (κ1) is 59.1. The van der Waals surface area contributed by atoms with Gasteiger partial charge in [0.15, 0.2) is 31.5 Å². The molecule has 32 heteroatoms. The molecule has 2 amide bonds. The quantitative estimate of drug-likeness (QED) is 0.0606. The van der Waals surface area contributed by atoms with E-state index in [4.69, 9.17) is 52.1 Å². The molecule has 0 aromatic rings. The zero-order valence-electron chi connectivity index (χ0n) is 38.6. The van der Waals surface area contributed by atoms with Gasteiger partial charge >= 0.3 is 0 Å². The summed E-state index contributed by atoms with van der Waals surface area (Å²) in [7, 11) is 0. The number of hydrogen-bond acceptors (Lipinski definition) is 30. The summed E-state index contributed by atoms with van der Waals surface area (Å²) < 4.78 is 64.2. The van der Waals surface area contributed by atoms with E-state index in [2.05, 4.69) is 10.6 Å². The van der Waals surface area contributed by atoms with Gasteiger partial charge in [0.05, 0.1) is 52.3 Å². The van der Waals surface area contributed by atoms with E-state index in [1.165, 1.54) is 6.92 Å². The van der Waals surface area contributed by atoms with Crippen molar-refractivity contribution in [1.82, 2.24) is 10.6 Å². The molecule has 0 aromatic carbocycles. The molecule has 6 fully saturated rings. The normalized spacial score (nSPS) is 49.2. The van der Waals surface area contributed by atoms with Crippen molar-refractivity contribution >= 4 is 11.8 Å². The summed E-state index contributed by atoms with van der Waals surface area (Å²) in [5.41, 5.74) is 0. The molecular weight excluding hydrogens is 988 g/mol. The Morgan fingerprint density at radius 3 is 1.28 bits per heavy atom. The molecule has 6 aliphatic heterocycles. The Morgan fingerprint density at radius 1 is 0.403 bits per heavy atom. The summed E-state index contributed by atoms with van der Waals surface area (Å²) >= 11 is 0. The number of aliphatic hydroxyl groups excluding tert-OH is 17. The first-order valence-corrected chi connectivity index (χ1v) is 23.0. The van der Waals surface area contributed by atoms with Crippen LogP contribution in [0.5, 0.6) is 0 Å². The fraction of sp³-hybridized carbons (Fsp3) is 0.950. The van der Waals surface area contributed by atoms with Crippen LogP contribution in [0.2, 0.25) is 0 Å². The minimum Gasteiger partial charge on any atom is -0.394 e. The second-order valence-electron chi connectivity index (χ2n) is 18.2. The highest BCUT2D eigenvalue weighted by Gasteiger charge is 2.58. The molecule has 29 atom stereocenters.